The number of rotatable bonds is 4. The summed E-state index contributed by atoms with van der Waals surface area (Å²) >= 11 is 0. The molecule has 0 radical (unpaired) electrons. The molecule has 2 saturated heterocycles. The Hall–Kier alpha value is -2.28. The second-order valence-electron chi connectivity index (χ2n) is 7.46. The van der Waals surface area contributed by atoms with Crippen LogP contribution in [0.2, 0.25) is 0 Å². The highest BCUT2D eigenvalue weighted by Crippen LogP contribution is 2.37. The molecule has 0 bridgehead atoms. The van der Waals surface area contributed by atoms with Crippen molar-refractivity contribution in [3.63, 3.8) is 0 Å². The Labute approximate surface area is 160 Å². The number of nitrogens with zero attached hydrogens (tertiary/aromatic N) is 2. The number of likely N-dealkylation sites (tertiary alicyclic amines) is 1. The summed E-state index contributed by atoms with van der Waals surface area (Å²) in [5.74, 6) is 0.890. The molecular weight excluding hydrogens is 344 g/mol. The fourth-order valence-electron chi connectivity index (χ4n) is 4.02. The molecule has 1 spiro atoms. The summed E-state index contributed by atoms with van der Waals surface area (Å²) in [7, 11) is 1.80. The molecule has 1 aromatic carbocycles. The van der Waals surface area contributed by atoms with Crippen LogP contribution in [0.25, 0.3) is 0 Å². The van der Waals surface area contributed by atoms with E-state index in [1.54, 1.807) is 19.2 Å². The molecule has 1 unspecified atom stereocenters. The van der Waals surface area contributed by atoms with Crippen LogP contribution in [0.15, 0.2) is 29.3 Å². The Balaban J connectivity index is 1.45. The van der Waals surface area contributed by atoms with Crippen molar-refractivity contribution < 1.29 is 14.6 Å². The molecule has 2 aliphatic heterocycles. The maximum absolute atomic E-state index is 12.1. The van der Waals surface area contributed by atoms with E-state index in [1.807, 2.05) is 0 Å². The van der Waals surface area contributed by atoms with Crippen molar-refractivity contribution in [2.24, 2.45) is 10.4 Å². The highest BCUT2D eigenvalue weighted by atomic mass is 16.5. The first-order valence-corrected chi connectivity index (χ1v) is 9.72. The summed E-state index contributed by atoms with van der Waals surface area (Å²) in [6.45, 7) is 4.82. The standard InChI is InChI=1S/C20H30N4O3/c1-21-19(24-12-2-8-20(14-24)9-3-13-27-15-20)23-11-10-22-18(26)16-4-6-17(25)7-5-16/h4-7,25H,2-3,8-15H2,1H3,(H,21,23)(H,22,26). The van der Waals surface area contributed by atoms with Crippen molar-refractivity contribution in [1.29, 1.82) is 0 Å². The normalized spacial score (nSPS) is 23.3. The van der Waals surface area contributed by atoms with Gasteiger partial charge in [0.05, 0.1) is 6.61 Å². The summed E-state index contributed by atoms with van der Waals surface area (Å²) in [5, 5.41) is 15.5. The van der Waals surface area contributed by atoms with E-state index in [1.165, 1.54) is 25.0 Å². The van der Waals surface area contributed by atoms with E-state index in [0.29, 0.717) is 18.7 Å². The number of phenols is 1. The maximum Gasteiger partial charge on any atom is 0.251 e. The van der Waals surface area contributed by atoms with Crippen LogP contribution >= 0.6 is 0 Å². The van der Waals surface area contributed by atoms with Gasteiger partial charge >= 0.3 is 0 Å². The Kier molecular flexibility index (Phi) is 6.55. The second kappa shape index (κ2) is 9.08. The van der Waals surface area contributed by atoms with Gasteiger partial charge in [0.15, 0.2) is 5.96 Å². The van der Waals surface area contributed by atoms with Crippen molar-refractivity contribution in [2.75, 3.05) is 46.4 Å². The van der Waals surface area contributed by atoms with Crippen LogP contribution in [-0.2, 0) is 4.74 Å². The highest BCUT2D eigenvalue weighted by Gasteiger charge is 2.38. The molecule has 3 rings (SSSR count). The lowest BCUT2D eigenvalue weighted by Gasteiger charge is -2.45. The number of hydrogen-bond acceptors (Lipinski definition) is 4. The van der Waals surface area contributed by atoms with Gasteiger partial charge in [-0.3, -0.25) is 9.79 Å². The van der Waals surface area contributed by atoms with Crippen LogP contribution < -0.4 is 10.6 Å². The lowest BCUT2D eigenvalue weighted by molar-refractivity contribution is -0.0370. The summed E-state index contributed by atoms with van der Waals surface area (Å²) in [4.78, 5) is 18.8. The smallest absolute Gasteiger partial charge is 0.251 e. The number of carbonyl (C=O) groups excluding carboxylic acids is 1. The SMILES string of the molecule is CN=C(NCCNC(=O)c1ccc(O)cc1)N1CCCC2(CCCOC2)C1. The van der Waals surface area contributed by atoms with E-state index < -0.39 is 0 Å². The summed E-state index contributed by atoms with van der Waals surface area (Å²) in [6, 6.07) is 6.24. The number of aliphatic imine (C=N–C) groups is 1. The second-order valence-corrected chi connectivity index (χ2v) is 7.46. The van der Waals surface area contributed by atoms with Gasteiger partial charge in [-0.05, 0) is 49.9 Å². The number of ether oxygens (including phenoxy) is 1. The van der Waals surface area contributed by atoms with Crippen LogP contribution in [-0.4, -0.2) is 68.3 Å². The number of aromatic hydroxyl groups is 1. The van der Waals surface area contributed by atoms with Crippen molar-refractivity contribution in [3.8, 4) is 5.75 Å². The number of amides is 1. The van der Waals surface area contributed by atoms with Gasteiger partial charge in [0.1, 0.15) is 5.75 Å². The summed E-state index contributed by atoms with van der Waals surface area (Å²) < 4.78 is 5.75. The van der Waals surface area contributed by atoms with E-state index in [-0.39, 0.29) is 17.1 Å². The van der Waals surface area contributed by atoms with Crippen LogP contribution in [0.1, 0.15) is 36.0 Å². The molecule has 2 fully saturated rings. The van der Waals surface area contributed by atoms with Crippen molar-refractivity contribution in [1.82, 2.24) is 15.5 Å². The van der Waals surface area contributed by atoms with Gasteiger partial charge in [-0.1, -0.05) is 0 Å². The number of hydrogen-bond donors (Lipinski definition) is 3. The van der Waals surface area contributed by atoms with Crippen molar-refractivity contribution in [2.45, 2.75) is 25.7 Å². The van der Waals surface area contributed by atoms with Crippen LogP contribution in [0.5, 0.6) is 5.75 Å². The van der Waals surface area contributed by atoms with Crippen molar-refractivity contribution >= 4 is 11.9 Å². The molecule has 2 aliphatic rings. The molecule has 1 atom stereocenters. The third-order valence-electron chi connectivity index (χ3n) is 5.40. The van der Waals surface area contributed by atoms with Crippen LogP contribution in [0.4, 0.5) is 0 Å². The Bertz CT molecular complexity index is 648. The fraction of sp³-hybridized carbons (Fsp3) is 0.600. The highest BCUT2D eigenvalue weighted by molar-refractivity contribution is 5.94. The van der Waals surface area contributed by atoms with Gasteiger partial charge in [0, 0.05) is 50.8 Å². The zero-order valence-corrected chi connectivity index (χ0v) is 16.0. The third-order valence-corrected chi connectivity index (χ3v) is 5.40. The number of nitrogens with one attached hydrogen (secondary N) is 2. The van der Waals surface area contributed by atoms with E-state index in [9.17, 15) is 9.90 Å². The number of piperidine rings is 1. The molecule has 0 aliphatic carbocycles. The first-order valence-electron chi connectivity index (χ1n) is 9.72. The van der Waals surface area contributed by atoms with E-state index in [0.717, 1.165) is 45.1 Å². The minimum Gasteiger partial charge on any atom is -0.508 e. The molecule has 3 N–H and O–H groups in total. The maximum atomic E-state index is 12.1. The molecule has 2 heterocycles. The first-order chi connectivity index (χ1) is 13.1. The molecule has 7 heteroatoms. The Morgan fingerprint density at radius 2 is 1.96 bits per heavy atom. The van der Waals surface area contributed by atoms with Gasteiger partial charge in [-0.25, -0.2) is 0 Å². The van der Waals surface area contributed by atoms with Gasteiger partial charge in [0.25, 0.3) is 5.91 Å². The molecular formula is C20H30N4O3. The number of benzene rings is 1. The Morgan fingerprint density at radius 1 is 1.22 bits per heavy atom. The first kappa shape index (κ1) is 19.5. The average molecular weight is 374 g/mol. The Morgan fingerprint density at radius 3 is 2.67 bits per heavy atom. The fourth-order valence-corrected chi connectivity index (χ4v) is 4.02. The molecule has 1 amide bonds. The van der Waals surface area contributed by atoms with Crippen LogP contribution in [0, 0.1) is 5.41 Å². The predicted octanol–water partition coefficient (Wildman–Crippen LogP) is 1.59. The number of guanidine groups is 1. The molecule has 0 aromatic heterocycles. The number of phenolic OH excluding ortho intramolecular Hbond substituents is 1. The molecule has 148 valence electrons. The monoisotopic (exact) mass is 374 g/mol. The zero-order chi connectivity index (χ0) is 19.1. The van der Waals surface area contributed by atoms with E-state index >= 15 is 0 Å². The molecule has 0 saturated carbocycles. The summed E-state index contributed by atoms with van der Waals surface area (Å²) in [5.41, 5.74) is 0.800. The molecule has 27 heavy (non-hydrogen) atoms. The molecule has 7 nitrogen and oxygen atoms in total. The van der Waals surface area contributed by atoms with E-state index in [2.05, 4.69) is 20.5 Å². The topological polar surface area (TPSA) is 86.2 Å². The molecule has 1 aromatic rings. The third kappa shape index (κ3) is 5.13. The minimum absolute atomic E-state index is 0.150. The van der Waals surface area contributed by atoms with Gasteiger partial charge in [-0.15, -0.1) is 0 Å². The zero-order valence-electron chi connectivity index (χ0n) is 16.0. The average Bonchev–Trinajstić information content (AvgIpc) is 2.69. The minimum atomic E-state index is -0.150. The van der Waals surface area contributed by atoms with E-state index in [4.69, 9.17) is 4.74 Å². The van der Waals surface area contributed by atoms with Gasteiger partial charge in [-0.2, -0.15) is 0 Å². The quantitative estimate of drug-likeness (QED) is 0.423. The van der Waals surface area contributed by atoms with Gasteiger partial charge in [0.2, 0.25) is 0 Å². The van der Waals surface area contributed by atoms with Crippen LogP contribution in [0.3, 0.4) is 0 Å². The number of carbonyl (C=O) groups is 1. The lowest BCUT2D eigenvalue weighted by Crippen LogP contribution is -2.53. The predicted molar refractivity (Wildman–Crippen MR) is 105 cm³/mol. The summed E-state index contributed by atoms with van der Waals surface area (Å²) in [6.07, 6.45) is 4.75. The van der Waals surface area contributed by atoms with Gasteiger partial charge < -0.3 is 25.4 Å². The largest absolute Gasteiger partial charge is 0.508 e. The lowest BCUT2D eigenvalue weighted by atomic mass is 9.76. The van der Waals surface area contributed by atoms with Crippen molar-refractivity contribution in [3.05, 3.63) is 29.8 Å².